The molecule has 2 rings (SSSR count). The molecule has 0 bridgehead atoms. The van der Waals surface area contributed by atoms with Gasteiger partial charge in [-0.05, 0) is 12.5 Å². The zero-order chi connectivity index (χ0) is 8.77. The summed E-state index contributed by atoms with van der Waals surface area (Å²) in [6.45, 7) is 3.98. The second kappa shape index (κ2) is 2.22. The van der Waals surface area contributed by atoms with Gasteiger partial charge in [0.15, 0.2) is 5.78 Å². The third kappa shape index (κ3) is 0.909. The minimum Gasteiger partial charge on any atom is -0.469 e. The van der Waals surface area contributed by atoms with E-state index in [9.17, 15) is 4.79 Å². The van der Waals surface area contributed by atoms with E-state index in [4.69, 9.17) is 4.42 Å². The number of aryl methyl sites for hydroxylation is 1. The zero-order valence-corrected chi connectivity index (χ0v) is 7.39. The quantitative estimate of drug-likeness (QED) is 0.589. The third-order valence-corrected chi connectivity index (χ3v) is 2.58. The molecule has 64 valence electrons. The summed E-state index contributed by atoms with van der Waals surface area (Å²) in [4.78, 5) is 11.7. The molecule has 1 aromatic heterocycles. The van der Waals surface area contributed by atoms with Gasteiger partial charge in [-0.2, -0.15) is 0 Å². The fourth-order valence-electron chi connectivity index (χ4n) is 1.64. The standard InChI is InChI=1S/C10H12O2/c1-10(2)5-3-8-7(9(10)11)4-6-12-8/h4,6H,3,5H2,1-2H3. The third-order valence-electron chi connectivity index (χ3n) is 2.58. The molecule has 0 aromatic carbocycles. The van der Waals surface area contributed by atoms with Crippen molar-refractivity contribution >= 4 is 5.78 Å². The lowest BCUT2D eigenvalue weighted by atomic mass is 9.76. The highest BCUT2D eigenvalue weighted by molar-refractivity contribution is 6.01. The molecule has 0 radical (unpaired) electrons. The largest absolute Gasteiger partial charge is 0.469 e. The van der Waals surface area contributed by atoms with Crippen molar-refractivity contribution in [3.05, 3.63) is 23.7 Å². The summed E-state index contributed by atoms with van der Waals surface area (Å²) in [5, 5.41) is 0. The van der Waals surface area contributed by atoms with E-state index in [1.807, 2.05) is 13.8 Å². The molecular weight excluding hydrogens is 152 g/mol. The first-order chi connectivity index (χ1) is 5.61. The van der Waals surface area contributed by atoms with Crippen molar-refractivity contribution in [3.63, 3.8) is 0 Å². The van der Waals surface area contributed by atoms with Crippen LogP contribution in [0.2, 0.25) is 0 Å². The first-order valence-electron chi connectivity index (χ1n) is 4.22. The van der Waals surface area contributed by atoms with E-state index in [1.54, 1.807) is 12.3 Å². The van der Waals surface area contributed by atoms with Gasteiger partial charge < -0.3 is 4.42 Å². The Morgan fingerprint density at radius 1 is 1.50 bits per heavy atom. The van der Waals surface area contributed by atoms with E-state index >= 15 is 0 Å². The number of fused-ring (bicyclic) bond motifs is 1. The number of rotatable bonds is 0. The second-order valence-electron chi connectivity index (χ2n) is 3.97. The number of furan rings is 1. The average molecular weight is 164 g/mol. The van der Waals surface area contributed by atoms with E-state index < -0.39 is 0 Å². The SMILES string of the molecule is CC1(C)CCc2occc2C1=O. The molecule has 12 heavy (non-hydrogen) atoms. The lowest BCUT2D eigenvalue weighted by molar-refractivity contribution is 0.0805. The molecule has 1 aromatic rings. The minimum atomic E-state index is -0.198. The molecule has 0 N–H and O–H groups in total. The Bertz CT molecular complexity index is 320. The molecule has 1 aliphatic carbocycles. The predicted molar refractivity (Wildman–Crippen MR) is 45.1 cm³/mol. The molecule has 2 nitrogen and oxygen atoms in total. The van der Waals surface area contributed by atoms with Crippen molar-refractivity contribution in [1.82, 2.24) is 0 Å². The molecule has 0 atom stereocenters. The Kier molecular flexibility index (Phi) is 1.40. The average Bonchev–Trinajstić information content (AvgIpc) is 2.45. The van der Waals surface area contributed by atoms with Gasteiger partial charge in [-0.1, -0.05) is 13.8 Å². The van der Waals surface area contributed by atoms with E-state index in [-0.39, 0.29) is 11.2 Å². The summed E-state index contributed by atoms with van der Waals surface area (Å²) < 4.78 is 5.20. The zero-order valence-electron chi connectivity index (χ0n) is 7.39. The van der Waals surface area contributed by atoms with Gasteiger partial charge in [-0.25, -0.2) is 0 Å². The van der Waals surface area contributed by atoms with Crippen molar-refractivity contribution in [3.8, 4) is 0 Å². The van der Waals surface area contributed by atoms with Crippen LogP contribution in [0, 0.1) is 5.41 Å². The maximum atomic E-state index is 11.7. The first-order valence-corrected chi connectivity index (χ1v) is 4.22. The van der Waals surface area contributed by atoms with Gasteiger partial charge in [-0.3, -0.25) is 4.79 Å². The Morgan fingerprint density at radius 3 is 3.00 bits per heavy atom. The number of carbonyl (C=O) groups is 1. The summed E-state index contributed by atoms with van der Waals surface area (Å²) in [5.74, 6) is 1.08. The number of Topliss-reactive ketones (excluding diaryl/α,β-unsaturated/α-hetero) is 1. The first kappa shape index (κ1) is 7.59. The van der Waals surface area contributed by atoms with Gasteiger partial charge in [0, 0.05) is 11.8 Å². The van der Waals surface area contributed by atoms with Crippen LogP contribution in [0.1, 0.15) is 36.4 Å². The molecule has 0 unspecified atom stereocenters. The molecule has 0 aliphatic heterocycles. The molecule has 0 spiro atoms. The van der Waals surface area contributed by atoms with E-state index in [0.29, 0.717) is 0 Å². The van der Waals surface area contributed by atoms with Gasteiger partial charge in [0.25, 0.3) is 0 Å². The molecule has 1 aliphatic rings. The highest BCUT2D eigenvalue weighted by atomic mass is 16.3. The Labute approximate surface area is 71.6 Å². The minimum absolute atomic E-state index is 0.198. The molecule has 0 fully saturated rings. The Balaban J connectivity index is 2.49. The molecule has 2 heteroatoms. The van der Waals surface area contributed by atoms with Crippen LogP contribution in [-0.4, -0.2) is 5.78 Å². The van der Waals surface area contributed by atoms with Gasteiger partial charge in [0.05, 0.1) is 11.8 Å². The Morgan fingerprint density at radius 2 is 2.25 bits per heavy atom. The lowest BCUT2D eigenvalue weighted by Gasteiger charge is -2.26. The maximum Gasteiger partial charge on any atom is 0.171 e. The summed E-state index contributed by atoms with van der Waals surface area (Å²) in [7, 11) is 0. The van der Waals surface area contributed by atoms with Crippen LogP contribution in [-0.2, 0) is 6.42 Å². The summed E-state index contributed by atoms with van der Waals surface area (Å²) >= 11 is 0. The molecule has 0 saturated carbocycles. The predicted octanol–water partition coefficient (Wildman–Crippen LogP) is 2.43. The van der Waals surface area contributed by atoms with E-state index in [1.165, 1.54) is 0 Å². The fourth-order valence-corrected chi connectivity index (χ4v) is 1.64. The van der Waals surface area contributed by atoms with Gasteiger partial charge in [0.2, 0.25) is 0 Å². The number of ketones is 1. The normalized spacial score (nSPS) is 20.7. The van der Waals surface area contributed by atoms with Crippen molar-refractivity contribution in [2.24, 2.45) is 5.41 Å². The summed E-state index contributed by atoms with van der Waals surface area (Å²) in [5.41, 5.74) is 0.586. The molecular formula is C10H12O2. The van der Waals surface area contributed by atoms with Crippen LogP contribution in [0.4, 0.5) is 0 Å². The molecule has 1 heterocycles. The van der Waals surface area contributed by atoms with E-state index in [2.05, 4.69) is 0 Å². The van der Waals surface area contributed by atoms with Crippen molar-refractivity contribution < 1.29 is 9.21 Å². The van der Waals surface area contributed by atoms with Crippen LogP contribution in [0.5, 0.6) is 0 Å². The number of hydrogen-bond donors (Lipinski definition) is 0. The smallest absolute Gasteiger partial charge is 0.171 e. The van der Waals surface area contributed by atoms with Crippen molar-refractivity contribution in [2.75, 3.05) is 0 Å². The van der Waals surface area contributed by atoms with Crippen LogP contribution >= 0.6 is 0 Å². The van der Waals surface area contributed by atoms with E-state index in [0.717, 1.165) is 24.2 Å². The molecule has 0 saturated heterocycles. The van der Waals surface area contributed by atoms with Crippen LogP contribution < -0.4 is 0 Å². The van der Waals surface area contributed by atoms with Crippen LogP contribution in [0.25, 0.3) is 0 Å². The summed E-state index contributed by atoms with van der Waals surface area (Å²) in [6, 6.07) is 1.78. The second-order valence-corrected chi connectivity index (χ2v) is 3.97. The highest BCUT2D eigenvalue weighted by Gasteiger charge is 2.35. The maximum absolute atomic E-state index is 11.7. The number of hydrogen-bond acceptors (Lipinski definition) is 2. The lowest BCUT2D eigenvalue weighted by Crippen LogP contribution is -2.29. The van der Waals surface area contributed by atoms with Gasteiger partial charge in [-0.15, -0.1) is 0 Å². The van der Waals surface area contributed by atoms with Crippen LogP contribution in [0.3, 0.4) is 0 Å². The fraction of sp³-hybridized carbons (Fsp3) is 0.500. The van der Waals surface area contributed by atoms with Crippen molar-refractivity contribution in [2.45, 2.75) is 26.7 Å². The number of carbonyl (C=O) groups excluding carboxylic acids is 1. The topological polar surface area (TPSA) is 30.2 Å². The van der Waals surface area contributed by atoms with Crippen molar-refractivity contribution in [1.29, 1.82) is 0 Å². The Hall–Kier alpha value is -1.05. The molecule has 0 amide bonds. The van der Waals surface area contributed by atoms with Gasteiger partial charge >= 0.3 is 0 Å². The monoisotopic (exact) mass is 164 g/mol. The highest BCUT2D eigenvalue weighted by Crippen LogP contribution is 2.34. The summed E-state index contributed by atoms with van der Waals surface area (Å²) in [6.07, 6.45) is 3.39. The van der Waals surface area contributed by atoms with Crippen LogP contribution in [0.15, 0.2) is 16.7 Å². The van der Waals surface area contributed by atoms with Gasteiger partial charge in [0.1, 0.15) is 5.76 Å².